The molecule has 0 saturated heterocycles. The maximum atomic E-state index is 11.7. The van der Waals surface area contributed by atoms with Gasteiger partial charge in [-0.1, -0.05) is 13.3 Å². The Hall–Kier alpha value is -0.420. The first-order chi connectivity index (χ1) is 6.60. The third kappa shape index (κ3) is 11.5. The fourth-order valence-electron chi connectivity index (χ4n) is 1.21. The highest BCUT2D eigenvalue weighted by atomic mass is 19.4. The minimum atomic E-state index is -4.21. The van der Waals surface area contributed by atoms with E-state index in [1.54, 1.807) is 6.92 Å². The van der Waals surface area contributed by atoms with E-state index in [1.807, 2.05) is 0 Å². The average molecular weight is 236 g/mol. The summed E-state index contributed by atoms with van der Waals surface area (Å²) in [5.74, 6) is -0.311. The van der Waals surface area contributed by atoms with Gasteiger partial charge in [0.15, 0.2) is 0 Å². The van der Waals surface area contributed by atoms with E-state index >= 15 is 0 Å². The summed E-state index contributed by atoms with van der Waals surface area (Å²) in [5, 5.41) is 0. The molecule has 0 heterocycles. The van der Waals surface area contributed by atoms with Gasteiger partial charge < -0.3 is 0 Å². The van der Waals surface area contributed by atoms with Crippen LogP contribution in [0.5, 0.6) is 0 Å². The van der Waals surface area contributed by atoms with Crippen LogP contribution in [0.3, 0.4) is 0 Å². The maximum absolute atomic E-state index is 11.7. The van der Waals surface area contributed by atoms with Crippen LogP contribution in [-0.4, -0.2) is 12.4 Å². The number of hydrogen-bond donors (Lipinski definition) is 0. The fraction of sp³-hybridized carbons (Fsp3) is 1.00. The third-order valence-corrected chi connectivity index (χ3v) is 2.08. The smallest absolute Gasteiger partial charge is 0.171 e. The lowest BCUT2D eigenvalue weighted by Crippen LogP contribution is -2.11. The van der Waals surface area contributed by atoms with E-state index in [1.165, 1.54) is 0 Å². The lowest BCUT2D eigenvalue weighted by molar-refractivity contribution is -0.140. The number of rotatable bonds is 5. The van der Waals surface area contributed by atoms with Crippen LogP contribution in [0.2, 0.25) is 0 Å². The van der Waals surface area contributed by atoms with Crippen molar-refractivity contribution in [2.45, 2.75) is 51.4 Å². The van der Waals surface area contributed by atoms with Gasteiger partial charge in [-0.25, -0.2) is 0 Å². The molecule has 0 radical (unpaired) electrons. The topological polar surface area (TPSA) is 0 Å². The van der Waals surface area contributed by atoms with Gasteiger partial charge in [0.1, 0.15) is 0 Å². The van der Waals surface area contributed by atoms with Crippen LogP contribution in [0, 0.1) is 5.92 Å². The lowest BCUT2D eigenvalue weighted by atomic mass is 9.98. The quantitative estimate of drug-likeness (QED) is 0.607. The van der Waals surface area contributed by atoms with Crippen molar-refractivity contribution in [2.75, 3.05) is 0 Å². The maximum Gasteiger partial charge on any atom is 0.389 e. The van der Waals surface area contributed by atoms with E-state index in [-0.39, 0.29) is 25.2 Å². The second-order valence-corrected chi connectivity index (χ2v) is 3.77. The van der Waals surface area contributed by atoms with Gasteiger partial charge >= 0.3 is 12.4 Å². The van der Waals surface area contributed by atoms with Crippen LogP contribution < -0.4 is 0 Å². The van der Waals surface area contributed by atoms with Crippen molar-refractivity contribution in [3.05, 3.63) is 0 Å². The Morgan fingerprint density at radius 1 is 0.800 bits per heavy atom. The highest BCUT2D eigenvalue weighted by molar-refractivity contribution is 4.60. The largest absolute Gasteiger partial charge is 0.389 e. The highest BCUT2D eigenvalue weighted by Crippen LogP contribution is 2.28. The standard InChI is InChI=1S/C9H14F6/c1-7(4-6-9(13,14)15)3-2-5-8(10,11)12/h7H,2-6H2,1H3. The normalized spacial score (nSPS) is 15.4. The Morgan fingerprint density at radius 2 is 1.27 bits per heavy atom. The molecule has 0 aliphatic rings. The molecule has 0 saturated carbocycles. The van der Waals surface area contributed by atoms with Gasteiger partial charge in [0.2, 0.25) is 0 Å². The molecule has 0 aromatic rings. The number of alkyl halides is 6. The van der Waals surface area contributed by atoms with E-state index in [0.717, 1.165) is 0 Å². The summed E-state index contributed by atoms with van der Waals surface area (Å²) >= 11 is 0. The van der Waals surface area contributed by atoms with Crippen LogP contribution in [-0.2, 0) is 0 Å². The first-order valence-corrected chi connectivity index (χ1v) is 4.73. The molecule has 0 spiro atoms. The lowest BCUT2D eigenvalue weighted by Gasteiger charge is -2.13. The van der Waals surface area contributed by atoms with Crippen LogP contribution in [0.4, 0.5) is 26.3 Å². The van der Waals surface area contributed by atoms with Crippen molar-refractivity contribution in [1.29, 1.82) is 0 Å². The second kappa shape index (κ2) is 5.61. The fourth-order valence-corrected chi connectivity index (χ4v) is 1.21. The molecule has 0 rings (SSSR count). The van der Waals surface area contributed by atoms with Gasteiger partial charge in [-0.2, -0.15) is 26.3 Å². The van der Waals surface area contributed by atoms with E-state index in [2.05, 4.69) is 0 Å². The predicted octanol–water partition coefficient (Wildman–Crippen LogP) is 4.70. The Labute approximate surface area is 84.7 Å². The molecular weight excluding hydrogens is 222 g/mol. The summed E-state index contributed by atoms with van der Waals surface area (Å²) in [6.45, 7) is 1.54. The monoisotopic (exact) mass is 236 g/mol. The predicted molar refractivity (Wildman–Crippen MR) is 44.4 cm³/mol. The third-order valence-electron chi connectivity index (χ3n) is 2.08. The molecule has 1 atom stereocenters. The summed E-state index contributed by atoms with van der Waals surface area (Å²) < 4.78 is 70.3. The Morgan fingerprint density at radius 3 is 1.67 bits per heavy atom. The zero-order valence-corrected chi connectivity index (χ0v) is 8.38. The summed E-state index contributed by atoms with van der Waals surface area (Å²) in [7, 11) is 0. The van der Waals surface area contributed by atoms with E-state index in [4.69, 9.17) is 0 Å². The molecule has 0 nitrogen and oxygen atoms in total. The molecule has 0 aromatic heterocycles. The van der Waals surface area contributed by atoms with Gasteiger partial charge in [-0.15, -0.1) is 0 Å². The van der Waals surface area contributed by atoms with Crippen LogP contribution >= 0.6 is 0 Å². The first-order valence-electron chi connectivity index (χ1n) is 4.73. The molecular formula is C9H14F6. The van der Waals surface area contributed by atoms with E-state index < -0.39 is 25.2 Å². The van der Waals surface area contributed by atoms with Gasteiger partial charge in [-0.05, 0) is 18.8 Å². The molecule has 0 amide bonds. The summed E-state index contributed by atoms with van der Waals surface area (Å²) in [6, 6.07) is 0. The van der Waals surface area contributed by atoms with Crippen molar-refractivity contribution in [3.63, 3.8) is 0 Å². The summed E-state index contributed by atoms with van der Waals surface area (Å²) in [4.78, 5) is 0. The van der Waals surface area contributed by atoms with Gasteiger partial charge in [0.25, 0.3) is 0 Å². The molecule has 0 bridgehead atoms. The Bertz CT molecular complexity index is 168. The minimum absolute atomic E-state index is 0.0947. The van der Waals surface area contributed by atoms with Crippen molar-refractivity contribution in [3.8, 4) is 0 Å². The molecule has 0 fully saturated rings. The summed E-state index contributed by atoms with van der Waals surface area (Å²) in [5.41, 5.74) is 0. The zero-order valence-electron chi connectivity index (χ0n) is 8.38. The Balaban J connectivity index is 3.54. The molecule has 92 valence electrons. The molecule has 15 heavy (non-hydrogen) atoms. The zero-order chi connectivity index (χ0) is 12.1. The van der Waals surface area contributed by atoms with Crippen molar-refractivity contribution in [1.82, 2.24) is 0 Å². The highest BCUT2D eigenvalue weighted by Gasteiger charge is 2.28. The van der Waals surface area contributed by atoms with Crippen molar-refractivity contribution < 1.29 is 26.3 Å². The molecule has 1 unspecified atom stereocenters. The number of halogens is 6. The molecule has 0 aliphatic carbocycles. The molecule has 6 heteroatoms. The Kier molecular flexibility index (Phi) is 5.45. The molecule has 0 N–H and O–H groups in total. The van der Waals surface area contributed by atoms with Crippen LogP contribution in [0.25, 0.3) is 0 Å². The second-order valence-electron chi connectivity index (χ2n) is 3.77. The molecule has 0 aliphatic heterocycles. The van der Waals surface area contributed by atoms with Gasteiger partial charge in [0.05, 0.1) is 0 Å². The van der Waals surface area contributed by atoms with Gasteiger partial charge in [0, 0.05) is 12.8 Å². The van der Waals surface area contributed by atoms with Crippen molar-refractivity contribution >= 4 is 0 Å². The average Bonchev–Trinajstić information content (AvgIpc) is 1.97. The first kappa shape index (κ1) is 14.6. The van der Waals surface area contributed by atoms with Gasteiger partial charge in [-0.3, -0.25) is 0 Å². The SMILES string of the molecule is CC(CCCC(F)(F)F)CCC(F)(F)F. The van der Waals surface area contributed by atoms with E-state index in [0.29, 0.717) is 0 Å². The minimum Gasteiger partial charge on any atom is -0.171 e. The van der Waals surface area contributed by atoms with E-state index in [9.17, 15) is 26.3 Å². The van der Waals surface area contributed by atoms with Crippen LogP contribution in [0.15, 0.2) is 0 Å². The number of hydrogen-bond acceptors (Lipinski definition) is 0. The summed E-state index contributed by atoms with van der Waals surface area (Å²) in [6.07, 6.45) is -10.2. The molecule has 0 aromatic carbocycles. The van der Waals surface area contributed by atoms with Crippen LogP contribution in [0.1, 0.15) is 39.0 Å². The van der Waals surface area contributed by atoms with Crippen molar-refractivity contribution in [2.24, 2.45) is 5.92 Å².